The molecule has 0 aromatic heterocycles. The van der Waals surface area contributed by atoms with Crippen molar-refractivity contribution in [2.24, 2.45) is 0 Å². The maximum atomic E-state index is 3.40. The lowest BCUT2D eigenvalue weighted by Gasteiger charge is -2.07. The molecule has 0 atom stereocenters. The minimum atomic E-state index is 0.637. The SMILES string of the molecule is CC.CC(C)c1ccc2c(c1)NCC2. The van der Waals surface area contributed by atoms with Crippen LogP contribution in [0.4, 0.5) is 5.69 Å². The Balaban J connectivity index is 0.000000461. The molecule has 0 fully saturated rings. The molecule has 78 valence electrons. The van der Waals surface area contributed by atoms with Gasteiger partial charge in [0.2, 0.25) is 0 Å². The minimum absolute atomic E-state index is 0.637. The van der Waals surface area contributed by atoms with Crippen LogP contribution >= 0.6 is 0 Å². The van der Waals surface area contributed by atoms with Gasteiger partial charge in [0.05, 0.1) is 0 Å². The van der Waals surface area contributed by atoms with Gasteiger partial charge in [0, 0.05) is 12.2 Å². The van der Waals surface area contributed by atoms with Gasteiger partial charge in [-0.2, -0.15) is 0 Å². The normalized spacial score (nSPS) is 12.9. The summed E-state index contributed by atoms with van der Waals surface area (Å²) in [5, 5.41) is 3.40. The van der Waals surface area contributed by atoms with Crippen LogP contribution in [0.2, 0.25) is 0 Å². The summed E-state index contributed by atoms with van der Waals surface area (Å²) in [6.07, 6.45) is 1.19. The lowest BCUT2D eigenvalue weighted by atomic mass is 10.0. The van der Waals surface area contributed by atoms with Gasteiger partial charge in [-0.25, -0.2) is 0 Å². The standard InChI is InChI=1S/C11H15N.C2H6/c1-8(2)10-4-3-9-5-6-12-11(9)7-10;1-2/h3-4,7-8,12H,5-6H2,1-2H3;1-2H3. The molecule has 1 aliphatic rings. The van der Waals surface area contributed by atoms with Gasteiger partial charge in [0.1, 0.15) is 0 Å². The fourth-order valence-corrected chi connectivity index (χ4v) is 1.67. The van der Waals surface area contributed by atoms with E-state index in [9.17, 15) is 0 Å². The van der Waals surface area contributed by atoms with Crippen LogP contribution < -0.4 is 5.32 Å². The summed E-state index contributed by atoms with van der Waals surface area (Å²) in [4.78, 5) is 0. The summed E-state index contributed by atoms with van der Waals surface area (Å²) in [6.45, 7) is 9.57. The van der Waals surface area contributed by atoms with E-state index >= 15 is 0 Å². The first kappa shape index (κ1) is 11.1. The van der Waals surface area contributed by atoms with Crippen LogP contribution in [-0.4, -0.2) is 6.54 Å². The second-order valence-corrected chi connectivity index (χ2v) is 3.75. The van der Waals surface area contributed by atoms with E-state index in [4.69, 9.17) is 0 Å². The van der Waals surface area contributed by atoms with Crippen LogP contribution in [-0.2, 0) is 6.42 Å². The highest BCUT2D eigenvalue weighted by Gasteiger charge is 2.10. The van der Waals surface area contributed by atoms with Crippen LogP contribution in [0, 0.1) is 0 Å². The first-order valence-corrected chi connectivity index (χ1v) is 5.64. The Bertz CT molecular complexity index is 289. The van der Waals surface area contributed by atoms with E-state index in [1.54, 1.807) is 0 Å². The van der Waals surface area contributed by atoms with Crippen LogP contribution in [0.15, 0.2) is 18.2 Å². The van der Waals surface area contributed by atoms with Crippen molar-refractivity contribution in [1.29, 1.82) is 0 Å². The highest BCUT2D eigenvalue weighted by Crippen LogP contribution is 2.26. The summed E-state index contributed by atoms with van der Waals surface area (Å²) in [7, 11) is 0. The van der Waals surface area contributed by atoms with Crippen LogP contribution in [0.5, 0.6) is 0 Å². The summed E-state index contributed by atoms with van der Waals surface area (Å²) < 4.78 is 0. The van der Waals surface area contributed by atoms with Gasteiger partial charge in [0.15, 0.2) is 0 Å². The Hall–Kier alpha value is -0.980. The quantitative estimate of drug-likeness (QED) is 0.712. The third-order valence-electron chi connectivity index (χ3n) is 2.51. The monoisotopic (exact) mass is 191 g/mol. The number of anilines is 1. The largest absolute Gasteiger partial charge is 0.384 e. The number of hydrogen-bond acceptors (Lipinski definition) is 1. The lowest BCUT2D eigenvalue weighted by Crippen LogP contribution is -1.92. The Morgan fingerprint density at radius 2 is 1.93 bits per heavy atom. The molecule has 1 aromatic carbocycles. The molecule has 1 aromatic rings. The van der Waals surface area contributed by atoms with E-state index in [0.717, 1.165) is 6.54 Å². The zero-order valence-electron chi connectivity index (χ0n) is 9.72. The number of nitrogens with one attached hydrogen (secondary N) is 1. The van der Waals surface area contributed by atoms with Gasteiger partial charge in [-0.15, -0.1) is 0 Å². The highest BCUT2D eigenvalue weighted by molar-refractivity contribution is 5.57. The molecule has 0 saturated carbocycles. The average molecular weight is 191 g/mol. The fourth-order valence-electron chi connectivity index (χ4n) is 1.67. The Kier molecular flexibility index (Phi) is 3.99. The zero-order chi connectivity index (χ0) is 10.6. The van der Waals surface area contributed by atoms with Gasteiger partial charge in [-0.1, -0.05) is 39.8 Å². The molecule has 1 heteroatoms. The molecule has 1 heterocycles. The fraction of sp³-hybridized carbons (Fsp3) is 0.538. The molecule has 0 saturated heterocycles. The first-order valence-electron chi connectivity index (χ1n) is 5.64. The molecular weight excluding hydrogens is 170 g/mol. The molecular formula is C13H21N. The van der Waals surface area contributed by atoms with Gasteiger partial charge < -0.3 is 5.32 Å². The minimum Gasteiger partial charge on any atom is -0.384 e. The van der Waals surface area contributed by atoms with Crippen molar-refractivity contribution < 1.29 is 0 Å². The number of benzene rings is 1. The molecule has 0 spiro atoms. The molecule has 0 amide bonds. The topological polar surface area (TPSA) is 12.0 Å². The molecule has 14 heavy (non-hydrogen) atoms. The van der Waals surface area contributed by atoms with Crippen molar-refractivity contribution in [3.05, 3.63) is 29.3 Å². The smallest absolute Gasteiger partial charge is 0.0376 e. The van der Waals surface area contributed by atoms with E-state index < -0.39 is 0 Å². The molecule has 1 aliphatic heterocycles. The van der Waals surface area contributed by atoms with E-state index in [1.807, 2.05) is 13.8 Å². The van der Waals surface area contributed by atoms with E-state index in [1.165, 1.54) is 23.2 Å². The maximum absolute atomic E-state index is 3.40. The number of fused-ring (bicyclic) bond motifs is 1. The van der Waals surface area contributed by atoms with Crippen LogP contribution in [0.25, 0.3) is 0 Å². The third-order valence-corrected chi connectivity index (χ3v) is 2.51. The van der Waals surface area contributed by atoms with Crippen LogP contribution in [0.3, 0.4) is 0 Å². The van der Waals surface area contributed by atoms with Gasteiger partial charge in [-0.05, 0) is 29.5 Å². The summed E-state index contributed by atoms with van der Waals surface area (Å²) in [5.41, 5.74) is 4.25. The summed E-state index contributed by atoms with van der Waals surface area (Å²) in [6, 6.07) is 6.79. The highest BCUT2D eigenvalue weighted by atomic mass is 14.9. The zero-order valence-corrected chi connectivity index (χ0v) is 9.72. The van der Waals surface area contributed by atoms with Gasteiger partial charge in [-0.3, -0.25) is 0 Å². The Labute approximate surface area is 87.5 Å². The van der Waals surface area contributed by atoms with Crippen molar-refractivity contribution in [3.8, 4) is 0 Å². The molecule has 1 N–H and O–H groups in total. The van der Waals surface area contributed by atoms with Crippen molar-refractivity contribution in [1.82, 2.24) is 0 Å². The maximum Gasteiger partial charge on any atom is 0.0376 e. The van der Waals surface area contributed by atoms with E-state index in [-0.39, 0.29) is 0 Å². The van der Waals surface area contributed by atoms with Crippen molar-refractivity contribution in [2.45, 2.75) is 40.0 Å². The third kappa shape index (κ3) is 2.28. The van der Waals surface area contributed by atoms with Crippen molar-refractivity contribution in [3.63, 3.8) is 0 Å². The Morgan fingerprint density at radius 3 is 2.57 bits per heavy atom. The predicted octanol–water partition coefficient (Wildman–Crippen LogP) is 3.80. The number of rotatable bonds is 1. The van der Waals surface area contributed by atoms with Gasteiger partial charge >= 0.3 is 0 Å². The van der Waals surface area contributed by atoms with E-state index in [0.29, 0.717) is 5.92 Å². The molecule has 0 bridgehead atoms. The van der Waals surface area contributed by atoms with Crippen LogP contribution in [0.1, 0.15) is 44.7 Å². The average Bonchev–Trinajstić information content (AvgIpc) is 2.67. The van der Waals surface area contributed by atoms with Gasteiger partial charge in [0.25, 0.3) is 0 Å². The molecule has 2 rings (SSSR count). The lowest BCUT2D eigenvalue weighted by molar-refractivity contribution is 0.867. The first-order chi connectivity index (χ1) is 6.77. The number of hydrogen-bond donors (Lipinski definition) is 1. The van der Waals surface area contributed by atoms with E-state index in [2.05, 4.69) is 37.4 Å². The second kappa shape index (κ2) is 5.04. The molecule has 0 aliphatic carbocycles. The molecule has 0 unspecified atom stereocenters. The second-order valence-electron chi connectivity index (χ2n) is 3.75. The summed E-state index contributed by atoms with van der Waals surface area (Å²) in [5.74, 6) is 0.637. The summed E-state index contributed by atoms with van der Waals surface area (Å²) >= 11 is 0. The molecule has 0 radical (unpaired) electrons. The molecule has 1 nitrogen and oxygen atoms in total. The van der Waals surface area contributed by atoms with Crippen molar-refractivity contribution in [2.75, 3.05) is 11.9 Å². The predicted molar refractivity (Wildman–Crippen MR) is 64.1 cm³/mol. The Morgan fingerprint density at radius 1 is 1.21 bits per heavy atom. The van der Waals surface area contributed by atoms with Crippen molar-refractivity contribution >= 4 is 5.69 Å².